The first-order valence-corrected chi connectivity index (χ1v) is 9.69. The van der Waals surface area contributed by atoms with E-state index in [1.54, 1.807) is 38.7 Å². The minimum atomic E-state index is 0.0378. The smallest absolute Gasteiger partial charge is 0.255 e. The Morgan fingerprint density at radius 2 is 1.96 bits per heavy atom. The average molecular weight is 382 g/mol. The fraction of sp³-hybridized carbons (Fsp3) is 0.476. The van der Waals surface area contributed by atoms with E-state index in [-0.39, 0.29) is 18.1 Å². The number of likely N-dealkylation sites (tertiary alicyclic amines) is 2. The van der Waals surface area contributed by atoms with Gasteiger partial charge in [-0.3, -0.25) is 14.7 Å². The zero-order valence-electron chi connectivity index (χ0n) is 16.3. The number of pyridine rings is 2. The van der Waals surface area contributed by atoms with Crippen molar-refractivity contribution < 1.29 is 14.3 Å². The molecule has 0 aliphatic carbocycles. The van der Waals surface area contributed by atoms with Crippen LogP contribution in [0.1, 0.15) is 34.8 Å². The molecular weight excluding hydrogens is 356 g/mol. The first kappa shape index (κ1) is 18.8. The van der Waals surface area contributed by atoms with Gasteiger partial charge in [-0.15, -0.1) is 0 Å². The highest BCUT2D eigenvalue weighted by molar-refractivity contribution is 5.94. The molecule has 0 saturated carbocycles. The summed E-state index contributed by atoms with van der Waals surface area (Å²) < 4.78 is 10.7. The van der Waals surface area contributed by atoms with Crippen molar-refractivity contribution >= 4 is 5.91 Å². The van der Waals surface area contributed by atoms with E-state index in [1.807, 2.05) is 17.2 Å². The van der Waals surface area contributed by atoms with Crippen LogP contribution in [0.15, 0.2) is 42.9 Å². The molecule has 2 saturated heterocycles. The second-order valence-corrected chi connectivity index (χ2v) is 7.31. The Bertz CT molecular complexity index is 791. The number of aromatic nitrogens is 2. The van der Waals surface area contributed by atoms with Gasteiger partial charge in [-0.2, -0.15) is 0 Å². The number of nitrogens with zero attached hydrogens (tertiary/aromatic N) is 4. The van der Waals surface area contributed by atoms with E-state index in [4.69, 9.17) is 9.47 Å². The summed E-state index contributed by atoms with van der Waals surface area (Å²) in [6.45, 7) is 2.43. The topological polar surface area (TPSA) is 67.8 Å². The Labute approximate surface area is 165 Å². The summed E-state index contributed by atoms with van der Waals surface area (Å²) in [6, 6.07) is 8.29. The number of carbonyl (C=O) groups is 1. The largest absolute Gasteiger partial charge is 0.481 e. The maximum absolute atomic E-state index is 12.7. The monoisotopic (exact) mass is 382 g/mol. The summed E-state index contributed by atoms with van der Waals surface area (Å²) >= 11 is 0. The molecule has 1 amide bonds. The van der Waals surface area contributed by atoms with Crippen LogP contribution in [-0.4, -0.2) is 71.7 Å². The van der Waals surface area contributed by atoms with Crippen molar-refractivity contribution in [1.29, 1.82) is 0 Å². The minimum absolute atomic E-state index is 0.0378. The van der Waals surface area contributed by atoms with Crippen LogP contribution >= 0.6 is 0 Å². The molecule has 0 aromatic carbocycles. The van der Waals surface area contributed by atoms with Crippen molar-refractivity contribution in [2.24, 2.45) is 0 Å². The highest BCUT2D eigenvalue weighted by Gasteiger charge is 2.44. The molecule has 2 fully saturated rings. The standard InChI is InChI=1S/C21H26N4O3/c1-27-18-14-25(20(18)15-4-3-9-22-12-15)17-7-10-24(11-8-17)21(26)16-5-6-19(28-2)23-13-16/h3-6,9,12-13,17-18,20H,7-8,10-11,14H2,1-2H3. The van der Waals surface area contributed by atoms with E-state index >= 15 is 0 Å². The molecule has 2 aromatic heterocycles. The second kappa shape index (κ2) is 8.24. The third-order valence-corrected chi connectivity index (χ3v) is 5.84. The van der Waals surface area contributed by atoms with E-state index in [9.17, 15) is 4.79 Å². The maximum Gasteiger partial charge on any atom is 0.255 e. The van der Waals surface area contributed by atoms with Crippen LogP contribution in [0.25, 0.3) is 0 Å². The Morgan fingerprint density at radius 3 is 2.57 bits per heavy atom. The Kier molecular flexibility index (Phi) is 5.54. The molecule has 0 bridgehead atoms. The lowest BCUT2D eigenvalue weighted by atomic mass is 9.87. The van der Waals surface area contributed by atoms with Crippen LogP contribution in [0.3, 0.4) is 0 Å². The van der Waals surface area contributed by atoms with E-state index in [0.29, 0.717) is 17.5 Å². The van der Waals surface area contributed by atoms with Crippen LogP contribution in [0.2, 0.25) is 0 Å². The van der Waals surface area contributed by atoms with Crippen molar-refractivity contribution in [2.75, 3.05) is 33.9 Å². The van der Waals surface area contributed by atoms with E-state index in [1.165, 1.54) is 5.56 Å². The summed E-state index contributed by atoms with van der Waals surface area (Å²) in [5.74, 6) is 0.554. The lowest BCUT2D eigenvalue weighted by Crippen LogP contribution is -2.60. The van der Waals surface area contributed by atoms with Crippen LogP contribution in [0, 0.1) is 0 Å². The van der Waals surface area contributed by atoms with Gasteiger partial charge in [0.05, 0.1) is 24.8 Å². The van der Waals surface area contributed by atoms with Gasteiger partial charge in [0.2, 0.25) is 5.88 Å². The van der Waals surface area contributed by atoms with E-state index in [0.717, 1.165) is 32.5 Å². The van der Waals surface area contributed by atoms with Gasteiger partial charge in [-0.05, 0) is 30.5 Å². The van der Waals surface area contributed by atoms with Crippen LogP contribution < -0.4 is 4.74 Å². The number of hydrogen-bond acceptors (Lipinski definition) is 6. The normalized spacial score (nSPS) is 23.3. The first-order chi connectivity index (χ1) is 13.7. The van der Waals surface area contributed by atoms with Gasteiger partial charge in [0.25, 0.3) is 5.91 Å². The third kappa shape index (κ3) is 3.59. The van der Waals surface area contributed by atoms with Gasteiger partial charge >= 0.3 is 0 Å². The second-order valence-electron chi connectivity index (χ2n) is 7.31. The Hall–Kier alpha value is -2.51. The number of amides is 1. The third-order valence-electron chi connectivity index (χ3n) is 5.84. The van der Waals surface area contributed by atoms with Crippen LogP contribution in [-0.2, 0) is 4.74 Å². The zero-order chi connectivity index (χ0) is 19.5. The first-order valence-electron chi connectivity index (χ1n) is 9.69. The Balaban J connectivity index is 1.37. The molecule has 2 unspecified atom stereocenters. The Morgan fingerprint density at radius 1 is 1.14 bits per heavy atom. The molecule has 148 valence electrons. The lowest BCUT2D eigenvalue weighted by molar-refractivity contribution is -0.115. The summed E-state index contributed by atoms with van der Waals surface area (Å²) in [6.07, 6.45) is 7.44. The molecule has 2 aliphatic heterocycles. The molecule has 4 rings (SSSR count). The quantitative estimate of drug-likeness (QED) is 0.789. The molecule has 0 radical (unpaired) electrons. The summed E-state index contributed by atoms with van der Waals surface area (Å²) in [5.41, 5.74) is 1.80. The van der Waals surface area contributed by atoms with Crippen molar-refractivity contribution in [3.63, 3.8) is 0 Å². The molecule has 2 atom stereocenters. The number of carbonyl (C=O) groups excluding carboxylic acids is 1. The zero-order valence-corrected chi connectivity index (χ0v) is 16.3. The van der Waals surface area contributed by atoms with E-state index in [2.05, 4.69) is 20.9 Å². The summed E-state index contributed by atoms with van der Waals surface area (Å²) in [5, 5.41) is 0. The number of ether oxygens (including phenoxy) is 2. The molecule has 0 N–H and O–H groups in total. The number of methoxy groups -OCH3 is 2. The van der Waals surface area contributed by atoms with Gasteiger partial charge in [0.15, 0.2) is 0 Å². The van der Waals surface area contributed by atoms with Crippen molar-refractivity contribution in [3.05, 3.63) is 54.0 Å². The van der Waals surface area contributed by atoms with Gasteiger partial charge < -0.3 is 14.4 Å². The van der Waals surface area contributed by atoms with Gasteiger partial charge in [0, 0.05) is 57.4 Å². The molecular formula is C21H26N4O3. The molecule has 7 heteroatoms. The molecule has 4 heterocycles. The molecule has 0 spiro atoms. The number of hydrogen-bond donors (Lipinski definition) is 0. The van der Waals surface area contributed by atoms with Crippen molar-refractivity contribution in [1.82, 2.24) is 19.8 Å². The highest BCUT2D eigenvalue weighted by Crippen LogP contribution is 2.39. The fourth-order valence-electron chi connectivity index (χ4n) is 4.24. The SMILES string of the molecule is COc1ccc(C(=O)N2CCC(N3CC(OC)C3c3cccnc3)CC2)cn1. The van der Waals surface area contributed by atoms with Crippen LogP contribution in [0.5, 0.6) is 5.88 Å². The van der Waals surface area contributed by atoms with Gasteiger partial charge in [-0.25, -0.2) is 4.98 Å². The molecule has 2 aromatic rings. The predicted molar refractivity (Wildman–Crippen MR) is 104 cm³/mol. The van der Waals surface area contributed by atoms with Gasteiger partial charge in [-0.1, -0.05) is 6.07 Å². The number of piperidine rings is 1. The fourth-order valence-corrected chi connectivity index (χ4v) is 4.24. The summed E-state index contributed by atoms with van der Waals surface area (Å²) in [4.78, 5) is 25.6. The van der Waals surface area contributed by atoms with Crippen molar-refractivity contribution in [3.8, 4) is 5.88 Å². The van der Waals surface area contributed by atoms with Crippen molar-refractivity contribution in [2.45, 2.75) is 31.0 Å². The lowest BCUT2D eigenvalue weighted by Gasteiger charge is -2.52. The minimum Gasteiger partial charge on any atom is -0.481 e. The molecule has 28 heavy (non-hydrogen) atoms. The van der Waals surface area contributed by atoms with Crippen LogP contribution in [0.4, 0.5) is 0 Å². The number of rotatable bonds is 5. The predicted octanol–water partition coefficient (Wildman–Crippen LogP) is 2.16. The van der Waals surface area contributed by atoms with E-state index < -0.39 is 0 Å². The molecule has 7 nitrogen and oxygen atoms in total. The molecule has 2 aliphatic rings. The highest BCUT2D eigenvalue weighted by atomic mass is 16.5. The summed E-state index contributed by atoms with van der Waals surface area (Å²) in [7, 11) is 3.34. The maximum atomic E-state index is 12.7. The average Bonchev–Trinajstić information content (AvgIpc) is 2.74. The van der Waals surface area contributed by atoms with Gasteiger partial charge in [0.1, 0.15) is 0 Å².